The Hall–Kier alpha value is -2.64. The molecule has 1 amide bonds. The molecule has 0 aliphatic carbocycles. The number of benzene rings is 1. The number of aromatic nitrogens is 2. The quantitative estimate of drug-likeness (QED) is 0.935. The van der Waals surface area contributed by atoms with E-state index in [-0.39, 0.29) is 18.3 Å². The second-order valence-corrected chi connectivity index (χ2v) is 5.09. The zero-order chi connectivity index (χ0) is 16.4. The third-order valence-corrected chi connectivity index (χ3v) is 3.55. The number of hydrogen-bond acceptors (Lipinski definition) is 4. The second-order valence-electron chi connectivity index (χ2n) is 5.09. The largest absolute Gasteiger partial charge is 0.493 e. The van der Waals surface area contributed by atoms with Crippen LogP contribution < -0.4 is 14.8 Å². The zero-order valence-corrected chi connectivity index (χ0v) is 12.3. The van der Waals surface area contributed by atoms with Gasteiger partial charge in [-0.2, -0.15) is 13.9 Å². The van der Waals surface area contributed by atoms with Crippen LogP contribution in [0.1, 0.15) is 22.6 Å². The summed E-state index contributed by atoms with van der Waals surface area (Å²) in [6.07, 6.45) is 1.63. The average molecular weight is 323 g/mol. The first-order valence-electron chi connectivity index (χ1n) is 7.01. The number of fused-ring (bicyclic) bond motifs is 1. The predicted molar refractivity (Wildman–Crippen MR) is 76.9 cm³/mol. The molecular formula is C15H15F2N3O3. The molecule has 1 atom stereocenters. The van der Waals surface area contributed by atoms with Crippen LogP contribution in [0.15, 0.2) is 30.5 Å². The summed E-state index contributed by atoms with van der Waals surface area (Å²) in [5, 5.41) is 6.28. The van der Waals surface area contributed by atoms with E-state index in [1.54, 1.807) is 13.2 Å². The van der Waals surface area contributed by atoms with Crippen molar-refractivity contribution in [1.29, 1.82) is 0 Å². The van der Waals surface area contributed by atoms with Gasteiger partial charge in [-0.1, -0.05) is 12.1 Å². The lowest BCUT2D eigenvalue weighted by molar-refractivity contribution is 0.0559. The number of carbonyl (C=O) groups is 1. The van der Waals surface area contributed by atoms with E-state index in [0.29, 0.717) is 22.6 Å². The number of nitrogens with one attached hydrogen (secondary N) is 1. The Kier molecular flexibility index (Phi) is 4.14. The average Bonchev–Trinajstić information content (AvgIpc) is 3.04. The van der Waals surface area contributed by atoms with Crippen molar-refractivity contribution >= 4 is 5.91 Å². The highest BCUT2D eigenvalue weighted by Gasteiger charge is 2.25. The molecule has 23 heavy (non-hydrogen) atoms. The highest BCUT2D eigenvalue weighted by molar-refractivity contribution is 5.92. The fourth-order valence-corrected chi connectivity index (χ4v) is 2.47. The maximum Gasteiger partial charge on any atom is 0.333 e. The van der Waals surface area contributed by atoms with E-state index in [9.17, 15) is 13.6 Å². The van der Waals surface area contributed by atoms with E-state index < -0.39 is 12.5 Å². The van der Waals surface area contributed by atoms with Gasteiger partial charge in [-0.3, -0.25) is 4.79 Å². The van der Waals surface area contributed by atoms with Crippen molar-refractivity contribution in [2.45, 2.75) is 19.0 Å². The fraction of sp³-hybridized carbons (Fsp3) is 0.333. The number of hydrogen-bond donors (Lipinski definition) is 1. The number of amides is 1. The van der Waals surface area contributed by atoms with Crippen LogP contribution in [0.5, 0.6) is 11.5 Å². The molecule has 0 unspecified atom stereocenters. The van der Waals surface area contributed by atoms with Crippen molar-refractivity contribution in [3.8, 4) is 11.5 Å². The topological polar surface area (TPSA) is 65.4 Å². The lowest BCUT2D eigenvalue weighted by atomic mass is 10.0. The molecule has 1 aliphatic heterocycles. The van der Waals surface area contributed by atoms with Gasteiger partial charge in [0, 0.05) is 11.8 Å². The molecule has 2 aromatic rings. The SMILES string of the molecule is COc1cccc2c1OC[C@H](NC(=O)c1ccn(C(F)F)n1)C2. The molecule has 6 nitrogen and oxygen atoms in total. The molecule has 0 radical (unpaired) electrons. The Balaban J connectivity index is 1.68. The summed E-state index contributed by atoms with van der Waals surface area (Å²) >= 11 is 0. The number of nitrogens with zero attached hydrogens (tertiary/aromatic N) is 2. The first kappa shape index (κ1) is 15.3. The normalized spacial score (nSPS) is 16.6. The van der Waals surface area contributed by atoms with Crippen molar-refractivity contribution in [3.05, 3.63) is 41.7 Å². The summed E-state index contributed by atoms with van der Waals surface area (Å²) in [6, 6.07) is 6.52. The number of ether oxygens (including phenoxy) is 2. The van der Waals surface area contributed by atoms with Gasteiger partial charge in [-0.25, -0.2) is 4.68 Å². The molecule has 122 valence electrons. The van der Waals surface area contributed by atoms with E-state index in [2.05, 4.69) is 10.4 Å². The number of carbonyl (C=O) groups excluding carboxylic acids is 1. The van der Waals surface area contributed by atoms with Crippen molar-refractivity contribution in [1.82, 2.24) is 15.1 Å². The molecule has 1 aliphatic rings. The molecule has 0 bridgehead atoms. The number of methoxy groups -OCH3 is 1. The first-order chi connectivity index (χ1) is 11.1. The van der Waals surface area contributed by atoms with Crippen LogP contribution in [0, 0.1) is 0 Å². The first-order valence-corrected chi connectivity index (χ1v) is 7.01. The number of alkyl halides is 2. The maximum atomic E-state index is 12.5. The van der Waals surface area contributed by atoms with Crippen molar-refractivity contribution in [3.63, 3.8) is 0 Å². The minimum Gasteiger partial charge on any atom is -0.493 e. The van der Waals surface area contributed by atoms with Gasteiger partial charge >= 0.3 is 6.55 Å². The van der Waals surface area contributed by atoms with Crippen molar-refractivity contribution < 1.29 is 23.0 Å². The summed E-state index contributed by atoms with van der Waals surface area (Å²) in [7, 11) is 1.56. The Bertz CT molecular complexity index is 718. The van der Waals surface area contributed by atoms with Gasteiger partial charge in [0.2, 0.25) is 0 Å². The summed E-state index contributed by atoms with van der Waals surface area (Å²) < 4.78 is 36.3. The summed E-state index contributed by atoms with van der Waals surface area (Å²) in [5.74, 6) is 0.801. The van der Waals surface area contributed by atoms with Gasteiger partial charge < -0.3 is 14.8 Å². The molecule has 2 heterocycles. The maximum absolute atomic E-state index is 12.5. The summed E-state index contributed by atoms with van der Waals surface area (Å²) in [5.41, 5.74) is 0.862. The minimum atomic E-state index is -2.77. The van der Waals surface area contributed by atoms with Gasteiger partial charge in [-0.15, -0.1) is 0 Å². The molecule has 0 saturated carbocycles. The van der Waals surface area contributed by atoms with Crippen LogP contribution in [0.4, 0.5) is 8.78 Å². The van der Waals surface area contributed by atoms with E-state index in [1.165, 1.54) is 6.07 Å². The van der Waals surface area contributed by atoms with E-state index in [4.69, 9.17) is 9.47 Å². The highest BCUT2D eigenvalue weighted by Crippen LogP contribution is 2.34. The van der Waals surface area contributed by atoms with E-state index in [0.717, 1.165) is 11.8 Å². The third-order valence-electron chi connectivity index (χ3n) is 3.55. The zero-order valence-electron chi connectivity index (χ0n) is 12.3. The summed E-state index contributed by atoms with van der Waals surface area (Å²) in [6.45, 7) is -2.50. The fourth-order valence-electron chi connectivity index (χ4n) is 2.47. The Morgan fingerprint density at radius 2 is 2.30 bits per heavy atom. The van der Waals surface area contributed by atoms with Crippen LogP contribution in [-0.2, 0) is 6.42 Å². The van der Waals surface area contributed by atoms with Crippen LogP contribution in [0.25, 0.3) is 0 Å². The smallest absolute Gasteiger partial charge is 0.333 e. The van der Waals surface area contributed by atoms with Gasteiger partial charge in [-0.05, 0) is 18.6 Å². The summed E-state index contributed by atoms with van der Waals surface area (Å²) in [4.78, 5) is 12.1. The van der Waals surface area contributed by atoms with Crippen LogP contribution in [-0.4, -0.2) is 35.4 Å². The molecule has 1 N–H and O–H groups in total. The lowest BCUT2D eigenvalue weighted by Gasteiger charge is -2.26. The van der Waals surface area contributed by atoms with Crippen LogP contribution in [0.2, 0.25) is 0 Å². The lowest BCUT2D eigenvalue weighted by Crippen LogP contribution is -2.43. The third kappa shape index (κ3) is 3.10. The molecule has 0 spiro atoms. The Morgan fingerprint density at radius 1 is 1.48 bits per heavy atom. The van der Waals surface area contributed by atoms with E-state index >= 15 is 0 Å². The molecule has 3 rings (SSSR count). The molecular weight excluding hydrogens is 308 g/mol. The van der Waals surface area contributed by atoms with Crippen LogP contribution >= 0.6 is 0 Å². The van der Waals surface area contributed by atoms with Gasteiger partial charge in [0.05, 0.1) is 13.2 Å². The Morgan fingerprint density at radius 3 is 3.00 bits per heavy atom. The number of rotatable bonds is 4. The molecule has 0 saturated heterocycles. The monoisotopic (exact) mass is 323 g/mol. The molecule has 1 aromatic heterocycles. The number of para-hydroxylation sites is 1. The standard InChI is InChI=1S/C15H15F2N3O3/c1-22-12-4-2-3-9-7-10(8-23-13(9)12)18-14(21)11-5-6-20(19-11)15(16)17/h2-6,10,15H,7-8H2,1H3,(H,18,21)/t10-/m1/s1. The molecule has 0 fully saturated rings. The van der Waals surface area contributed by atoms with Crippen molar-refractivity contribution in [2.24, 2.45) is 0 Å². The Labute approximate surface area is 131 Å². The predicted octanol–water partition coefficient (Wildman–Crippen LogP) is 2.02. The number of halogens is 2. The second kappa shape index (κ2) is 6.23. The highest BCUT2D eigenvalue weighted by atomic mass is 19.3. The van der Waals surface area contributed by atoms with Gasteiger partial charge in [0.15, 0.2) is 11.5 Å². The molecule has 1 aromatic carbocycles. The van der Waals surface area contributed by atoms with Gasteiger partial charge in [0.1, 0.15) is 12.3 Å². The van der Waals surface area contributed by atoms with Crippen LogP contribution in [0.3, 0.4) is 0 Å². The van der Waals surface area contributed by atoms with Crippen molar-refractivity contribution in [2.75, 3.05) is 13.7 Å². The molecule has 8 heteroatoms. The van der Waals surface area contributed by atoms with Gasteiger partial charge in [0.25, 0.3) is 5.91 Å². The minimum absolute atomic E-state index is 0.0539. The van der Waals surface area contributed by atoms with E-state index in [1.807, 2.05) is 12.1 Å².